The van der Waals surface area contributed by atoms with Gasteiger partial charge in [0, 0.05) is 29.1 Å². The number of carboxylic acid groups (broad SMARTS) is 1. The number of H-pyrrole nitrogens is 1. The first-order valence-corrected chi connectivity index (χ1v) is 9.29. The van der Waals surface area contributed by atoms with Crippen molar-refractivity contribution in [2.75, 3.05) is 26.8 Å². The highest BCUT2D eigenvalue weighted by Crippen LogP contribution is 2.46. The summed E-state index contributed by atoms with van der Waals surface area (Å²) in [6, 6.07) is 4.74. The molecule has 13 heteroatoms. The van der Waals surface area contributed by atoms with E-state index < -0.39 is 36.9 Å². The normalized spacial score (nSPS) is 22.0. The first-order chi connectivity index (χ1) is 14.8. The minimum Gasteiger partial charge on any atom is -0.497 e. The molecule has 2 aliphatic heterocycles. The van der Waals surface area contributed by atoms with Crippen LogP contribution in [0.2, 0.25) is 0 Å². The van der Waals surface area contributed by atoms with Crippen molar-refractivity contribution in [2.24, 2.45) is 0 Å². The molecule has 32 heavy (non-hydrogen) atoms. The fourth-order valence-corrected chi connectivity index (χ4v) is 3.93. The van der Waals surface area contributed by atoms with Crippen LogP contribution in [0.3, 0.4) is 0 Å². The summed E-state index contributed by atoms with van der Waals surface area (Å²) in [5.41, 5.74) is 2.48. The summed E-state index contributed by atoms with van der Waals surface area (Å²) in [7, 11) is 1.58. The Balaban J connectivity index is 0.000000360. The summed E-state index contributed by atoms with van der Waals surface area (Å²) in [5.74, 6) is -2.67. The number of ether oxygens (including phenoxy) is 2. The number of benzene rings is 1. The second kappa shape index (κ2) is 8.52. The zero-order valence-corrected chi connectivity index (χ0v) is 16.5. The first-order valence-electron chi connectivity index (χ1n) is 9.29. The number of esters is 1. The minimum atomic E-state index is -5.08. The van der Waals surface area contributed by atoms with Crippen molar-refractivity contribution in [3.63, 3.8) is 0 Å². The van der Waals surface area contributed by atoms with Crippen LogP contribution in [0.1, 0.15) is 29.6 Å². The molecule has 2 aliphatic rings. The van der Waals surface area contributed by atoms with Crippen LogP contribution in [0.5, 0.6) is 5.75 Å². The van der Waals surface area contributed by atoms with Crippen molar-refractivity contribution in [3.8, 4) is 5.75 Å². The molecule has 2 bridgehead atoms. The van der Waals surface area contributed by atoms with Gasteiger partial charge in [0.1, 0.15) is 11.8 Å². The van der Waals surface area contributed by atoms with Gasteiger partial charge in [0.2, 0.25) is 0 Å². The lowest BCUT2D eigenvalue weighted by Crippen LogP contribution is -2.38. The topological polar surface area (TPSA) is 91.9 Å². The minimum absolute atomic E-state index is 0.252. The lowest BCUT2D eigenvalue weighted by Gasteiger charge is -2.30. The number of hydrogen-bond donors (Lipinski definition) is 2. The molecule has 0 amide bonds. The van der Waals surface area contributed by atoms with Crippen LogP contribution < -0.4 is 4.74 Å². The fourth-order valence-electron chi connectivity index (χ4n) is 3.93. The molecule has 176 valence electrons. The van der Waals surface area contributed by atoms with Gasteiger partial charge in [-0.1, -0.05) is 0 Å². The molecule has 3 atom stereocenters. The largest absolute Gasteiger partial charge is 0.497 e. The summed E-state index contributed by atoms with van der Waals surface area (Å²) in [6.45, 7) is -0.267. The van der Waals surface area contributed by atoms with Gasteiger partial charge in [0.15, 0.2) is 6.61 Å². The highest BCUT2D eigenvalue weighted by Gasteiger charge is 2.45. The second-order valence-corrected chi connectivity index (χ2v) is 7.27. The molecule has 0 radical (unpaired) electrons. The summed E-state index contributed by atoms with van der Waals surface area (Å²) >= 11 is 0. The fraction of sp³-hybridized carbons (Fsp3) is 0.474. The number of carbonyl (C=O) groups excluding carboxylic acids is 1. The molecule has 1 aromatic carbocycles. The second-order valence-electron chi connectivity index (χ2n) is 7.27. The van der Waals surface area contributed by atoms with Crippen molar-refractivity contribution in [1.29, 1.82) is 0 Å². The van der Waals surface area contributed by atoms with Crippen LogP contribution in [-0.2, 0) is 14.3 Å². The van der Waals surface area contributed by atoms with Crippen LogP contribution in [0.4, 0.5) is 26.3 Å². The van der Waals surface area contributed by atoms with E-state index in [4.69, 9.17) is 14.6 Å². The predicted molar refractivity (Wildman–Crippen MR) is 97.2 cm³/mol. The number of nitrogens with one attached hydrogen (secondary N) is 1. The van der Waals surface area contributed by atoms with E-state index in [-0.39, 0.29) is 5.92 Å². The van der Waals surface area contributed by atoms with E-state index in [1.54, 1.807) is 13.2 Å². The number of hydrogen-bond acceptors (Lipinski definition) is 5. The summed E-state index contributed by atoms with van der Waals surface area (Å²) < 4.78 is 78.8. The maximum Gasteiger partial charge on any atom is 0.490 e. The Morgan fingerprint density at radius 3 is 2.44 bits per heavy atom. The molecule has 1 saturated heterocycles. The maximum atomic E-state index is 12.4. The van der Waals surface area contributed by atoms with Gasteiger partial charge in [0.05, 0.1) is 7.11 Å². The molecule has 1 fully saturated rings. The molecule has 3 heterocycles. The number of carboxylic acids is 1. The molecular formula is C19H18F6N2O5. The van der Waals surface area contributed by atoms with E-state index in [2.05, 4.69) is 9.72 Å². The average molecular weight is 468 g/mol. The van der Waals surface area contributed by atoms with Crippen molar-refractivity contribution in [1.82, 2.24) is 9.88 Å². The Hall–Kier alpha value is -2.96. The Labute approximate surface area is 176 Å². The average Bonchev–Trinajstić information content (AvgIpc) is 3.27. The SMILES string of the molecule is COc1ccc2[nH]c3c(c2c1)C1CCN(C1)C3C(=O)OCC(F)(F)F.O=C(O)C(F)(F)F. The van der Waals surface area contributed by atoms with E-state index >= 15 is 0 Å². The molecule has 0 saturated carbocycles. The van der Waals surface area contributed by atoms with E-state index in [0.717, 1.165) is 22.9 Å². The third-order valence-corrected chi connectivity index (χ3v) is 5.19. The van der Waals surface area contributed by atoms with Crippen LogP contribution in [0.15, 0.2) is 18.2 Å². The third kappa shape index (κ3) is 4.92. The van der Waals surface area contributed by atoms with Crippen LogP contribution in [0, 0.1) is 0 Å². The number of methoxy groups -OCH3 is 1. The van der Waals surface area contributed by atoms with Crippen molar-refractivity contribution < 1.29 is 50.5 Å². The maximum absolute atomic E-state index is 12.4. The number of fused-ring (bicyclic) bond motifs is 6. The van der Waals surface area contributed by atoms with Gasteiger partial charge in [-0.15, -0.1) is 0 Å². The Morgan fingerprint density at radius 1 is 1.22 bits per heavy atom. The highest BCUT2D eigenvalue weighted by atomic mass is 19.4. The number of aromatic amines is 1. The zero-order valence-electron chi connectivity index (χ0n) is 16.5. The van der Waals surface area contributed by atoms with E-state index in [0.29, 0.717) is 24.5 Å². The van der Waals surface area contributed by atoms with Crippen LogP contribution >= 0.6 is 0 Å². The van der Waals surface area contributed by atoms with Gasteiger partial charge in [-0.25, -0.2) is 9.59 Å². The number of rotatable bonds is 3. The molecule has 7 nitrogen and oxygen atoms in total. The van der Waals surface area contributed by atoms with E-state index in [1.807, 2.05) is 17.0 Å². The Bertz CT molecular complexity index is 1020. The predicted octanol–water partition coefficient (Wildman–Crippen LogP) is 3.76. The first kappa shape index (κ1) is 23.7. The van der Waals surface area contributed by atoms with Gasteiger partial charge in [-0.3, -0.25) is 4.90 Å². The molecule has 0 spiro atoms. The molecule has 1 aromatic heterocycles. The van der Waals surface area contributed by atoms with Crippen LogP contribution in [0.25, 0.3) is 10.9 Å². The number of alkyl halides is 6. The molecule has 2 N–H and O–H groups in total. The number of aromatic nitrogens is 1. The van der Waals surface area contributed by atoms with Gasteiger partial charge >= 0.3 is 24.3 Å². The van der Waals surface area contributed by atoms with Gasteiger partial charge < -0.3 is 19.6 Å². The van der Waals surface area contributed by atoms with Gasteiger partial charge in [-0.2, -0.15) is 26.3 Å². The van der Waals surface area contributed by atoms with Gasteiger partial charge in [0.25, 0.3) is 0 Å². The number of halogens is 6. The summed E-state index contributed by atoms with van der Waals surface area (Å²) in [6.07, 6.45) is -8.76. The highest BCUT2D eigenvalue weighted by molar-refractivity contribution is 5.90. The molecule has 4 rings (SSSR count). The van der Waals surface area contributed by atoms with E-state index in [9.17, 15) is 31.1 Å². The molecule has 3 unspecified atom stereocenters. The summed E-state index contributed by atoms with van der Waals surface area (Å²) in [4.78, 5) is 26.4. The zero-order chi connectivity index (χ0) is 23.8. The van der Waals surface area contributed by atoms with Crippen molar-refractivity contribution in [2.45, 2.75) is 30.7 Å². The van der Waals surface area contributed by atoms with Crippen molar-refractivity contribution >= 4 is 22.8 Å². The summed E-state index contributed by atoms with van der Waals surface area (Å²) in [5, 5.41) is 8.08. The van der Waals surface area contributed by atoms with E-state index in [1.165, 1.54) is 0 Å². The molecular weight excluding hydrogens is 450 g/mol. The Kier molecular flexibility index (Phi) is 6.31. The lowest BCUT2D eigenvalue weighted by atomic mass is 9.90. The number of nitrogens with zero attached hydrogens (tertiary/aromatic N) is 1. The number of carbonyl (C=O) groups is 2. The smallest absolute Gasteiger partial charge is 0.490 e. The molecule has 0 aliphatic carbocycles. The monoisotopic (exact) mass is 468 g/mol. The lowest BCUT2D eigenvalue weighted by molar-refractivity contribution is -0.192. The Morgan fingerprint density at radius 2 is 1.88 bits per heavy atom. The standard InChI is InChI=1S/C17H17F3N2O3.C2HF3O2/c1-24-10-2-3-12-11(6-10)13-9-4-5-22(7-9)15(14(13)21-12)16(23)25-8-17(18,19)20;3-2(4,5)1(6)7/h2-3,6,9,15,21H,4-5,7-8H2,1H3;(H,6,7). The quantitative estimate of drug-likeness (QED) is 0.527. The number of aliphatic carboxylic acids is 1. The molecule has 2 aromatic rings. The third-order valence-electron chi connectivity index (χ3n) is 5.19. The van der Waals surface area contributed by atoms with Crippen LogP contribution in [-0.4, -0.2) is 66.1 Å². The van der Waals surface area contributed by atoms with Gasteiger partial charge in [-0.05, 0) is 36.7 Å². The van der Waals surface area contributed by atoms with Crippen molar-refractivity contribution in [3.05, 3.63) is 29.5 Å².